The number of nitrogens with zero attached hydrogens (tertiary/aromatic N) is 4. The first-order valence-electron chi connectivity index (χ1n) is 9.21. The Morgan fingerprint density at radius 2 is 2.00 bits per heavy atom. The van der Waals surface area contributed by atoms with E-state index in [9.17, 15) is 14.4 Å². The van der Waals surface area contributed by atoms with Crippen molar-refractivity contribution in [3.8, 4) is 0 Å². The van der Waals surface area contributed by atoms with Gasteiger partial charge in [0.05, 0.1) is 23.8 Å². The molecule has 3 heterocycles. The minimum atomic E-state index is -0.597. The van der Waals surface area contributed by atoms with Crippen LogP contribution in [0.4, 0.5) is 0 Å². The van der Waals surface area contributed by atoms with Gasteiger partial charge < -0.3 is 15.1 Å². The van der Waals surface area contributed by atoms with Crippen LogP contribution < -0.4 is 5.32 Å². The molecule has 1 aromatic carbocycles. The number of aryl methyl sites for hydroxylation is 1. The Balaban J connectivity index is 1.54. The van der Waals surface area contributed by atoms with E-state index in [1.54, 1.807) is 22.6 Å². The molecule has 3 amide bonds. The lowest BCUT2D eigenvalue weighted by atomic mass is 10.1. The SMILES string of the molecule is Cc1nn(Cc2ccccc2Cl)c(Cl)c1C(=O)N1CCN2C(=O)C(=O)NCC2C1. The van der Waals surface area contributed by atoms with Gasteiger partial charge in [-0.25, -0.2) is 4.68 Å². The molecule has 8 nitrogen and oxygen atoms in total. The number of carbonyl (C=O) groups excluding carboxylic acids is 3. The molecule has 2 aromatic rings. The maximum atomic E-state index is 13.2. The number of carbonyl (C=O) groups is 3. The lowest BCUT2D eigenvalue weighted by Crippen LogP contribution is -2.65. The smallest absolute Gasteiger partial charge is 0.312 e. The average molecular weight is 436 g/mol. The van der Waals surface area contributed by atoms with Crippen LogP contribution in [0.2, 0.25) is 10.2 Å². The van der Waals surface area contributed by atoms with E-state index in [4.69, 9.17) is 23.2 Å². The Kier molecular flexibility index (Phi) is 5.23. The third-order valence-electron chi connectivity index (χ3n) is 5.28. The van der Waals surface area contributed by atoms with Gasteiger partial charge in [0.1, 0.15) is 5.15 Å². The summed E-state index contributed by atoms with van der Waals surface area (Å²) in [6.07, 6.45) is 0. The molecule has 0 radical (unpaired) electrons. The van der Waals surface area contributed by atoms with Crippen molar-refractivity contribution in [3.63, 3.8) is 0 Å². The molecule has 10 heteroatoms. The Labute approximate surface area is 177 Å². The summed E-state index contributed by atoms with van der Waals surface area (Å²) < 4.78 is 1.56. The van der Waals surface area contributed by atoms with Crippen LogP contribution in [0.25, 0.3) is 0 Å². The van der Waals surface area contributed by atoms with Crippen molar-refractivity contribution in [2.75, 3.05) is 26.2 Å². The predicted molar refractivity (Wildman–Crippen MR) is 107 cm³/mol. The number of fused-ring (bicyclic) bond motifs is 1. The summed E-state index contributed by atoms with van der Waals surface area (Å²) in [7, 11) is 0. The van der Waals surface area contributed by atoms with Crippen molar-refractivity contribution in [1.29, 1.82) is 0 Å². The minimum Gasteiger partial charge on any atom is -0.346 e. The summed E-state index contributed by atoms with van der Waals surface area (Å²) in [5.74, 6) is -1.38. The van der Waals surface area contributed by atoms with Crippen LogP contribution in [0.1, 0.15) is 21.6 Å². The summed E-state index contributed by atoms with van der Waals surface area (Å²) >= 11 is 12.7. The van der Waals surface area contributed by atoms with Gasteiger partial charge in [-0.15, -0.1) is 0 Å². The van der Waals surface area contributed by atoms with E-state index in [1.165, 1.54) is 4.90 Å². The Hall–Kier alpha value is -2.58. The van der Waals surface area contributed by atoms with Gasteiger partial charge in [0.25, 0.3) is 5.91 Å². The predicted octanol–water partition coefficient (Wildman–Crippen LogP) is 1.33. The maximum absolute atomic E-state index is 13.2. The molecular formula is C19H19Cl2N5O3. The molecular weight excluding hydrogens is 417 g/mol. The minimum absolute atomic E-state index is 0.234. The zero-order chi connectivity index (χ0) is 20.7. The fraction of sp³-hybridized carbons (Fsp3) is 0.368. The van der Waals surface area contributed by atoms with Gasteiger partial charge in [-0.1, -0.05) is 41.4 Å². The third-order valence-corrected chi connectivity index (χ3v) is 6.03. The molecule has 2 saturated heterocycles. The molecule has 2 aliphatic rings. The third kappa shape index (κ3) is 3.58. The van der Waals surface area contributed by atoms with Gasteiger partial charge >= 0.3 is 11.8 Å². The van der Waals surface area contributed by atoms with E-state index in [0.717, 1.165) is 5.56 Å². The number of amides is 3. The van der Waals surface area contributed by atoms with Gasteiger partial charge in [-0.2, -0.15) is 5.10 Å². The van der Waals surface area contributed by atoms with Gasteiger partial charge in [0, 0.05) is 31.2 Å². The zero-order valence-electron chi connectivity index (χ0n) is 15.7. The van der Waals surface area contributed by atoms with E-state index < -0.39 is 11.8 Å². The lowest BCUT2D eigenvalue weighted by molar-refractivity contribution is -0.152. The molecule has 0 saturated carbocycles. The van der Waals surface area contributed by atoms with Crippen LogP contribution in [0, 0.1) is 6.92 Å². The van der Waals surface area contributed by atoms with Crippen molar-refractivity contribution >= 4 is 40.9 Å². The first kappa shape index (κ1) is 19.7. The van der Waals surface area contributed by atoms with Crippen LogP contribution in [-0.4, -0.2) is 69.5 Å². The first-order valence-corrected chi connectivity index (χ1v) is 9.96. The van der Waals surface area contributed by atoms with E-state index in [1.807, 2.05) is 18.2 Å². The maximum Gasteiger partial charge on any atom is 0.312 e. The normalized spacial score (nSPS) is 19.2. The fourth-order valence-corrected chi connectivity index (χ4v) is 4.26. The highest BCUT2D eigenvalue weighted by atomic mass is 35.5. The molecule has 4 rings (SSSR count). The first-order chi connectivity index (χ1) is 13.9. The standard InChI is InChI=1S/C19H19Cl2N5O3/c1-11-15(16(21)26(23-11)9-12-4-2-3-5-14(12)20)18(28)24-6-7-25-13(10-24)8-22-17(27)19(25)29/h2-5,13H,6-10H2,1H3,(H,22,27). The number of hydrogen-bond acceptors (Lipinski definition) is 4. The van der Waals surface area contributed by atoms with E-state index in [-0.39, 0.29) is 17.1 Å². The number of aromatic nitrogens is 2. The molecule has 0 aliphatic carbocycles. The van der Waals surface area contributed by atoms with Crippen LogP contribution in [0.15, 0.2) is 24.3 Å². The molecule has 29 heavy (non-hydrogen) atoms. The summed E-state index contributed by atoms with van der Waals surface area (Å²) in [5.41, 5.74) is 1.73. The van der Waals surface area contributed by atoms with Crippen molar-refractivity contribution < 1.29 is 14.4 Å². The number of hydrogen-bond donors (Lipinski definition) is 1. The Bertz CT molecular complexity index is 1010. The Morgan fingerprint density at radius 3 is 2.76 bits per heavy atom. The summed E-state index contributed by atoms with van der Waals surface area (Å²) in [6.45, 7) is 3.39. The molecule has 152 valence electrons. The van der Waals surface area contributed by atoms with Gasteiger partial charge in [0.2, 0.25) is 0 Å². The van der Waals surface area contributed by atoms with Gasteiger partial charge in [-0.05, 0) is 18.6 Å². The van der Waals surface area contributed by atoms with Crippen LogP contribution >= 0.6 is 23.2 Å². The molecule has 1 unspecified atom stereocenters. The average Bonchev–Trinajstić information content (AvgIpc) is 2.99. The lowest BCUT2D eigenvalue weighted by Gasteiger charge is -2.43. The molecule has 0 spiro atoms. The second kappa shape index (κ2) is 7.68. The molecule has 1 N–H and O–H groups in total. The van der Waals surface area contributed by atoms with E-state index in [2.05, 4.69) is 10.4 Å². The summed E-state index contributed by atoms with van der Waals surface area (Å²) in [6, 6.07) is 7.15. The van der Waals surface area contributed by atoms with Crippen molar-refractivity contribution in [2.45, 2.75) is 19.5 Å². The highest BCUT2D eigenvalue weighted by Gasteiger charge is 2.39. The molecule has 2 aliphatic heterocycles. The quantitative estimate of drug-likeness (QED) is 0.736. The molecule has 1 atom stereocenters. The number of nitrogens with one attached hydrogen (secondary N) is 1. The number of halogens is 2. The highest BCUT2D eigenvalue weighted by molar-refractivity contribution is 6.35. The summed E-state index contributed by atoms with van der Waals surface area (Å²) in [5, 5.41) is 7.84. The topological polar surface area (TPSA) is 87.5 Å². The Morgan fingerprint density at radius 1 is 1.24 bits per heavy atom. The van der Waals surface area contributed by atoms with E-state index >= 15 is 0 Å². The van der Waals surface area contributed by atoms with Gasteiger partial charge in [-0.3, -0.25) is 14.4 Å². The van der Waals surface area contributed by atoms with Crippen molar-refractivity contribution in [3.05, 3.63) is 51.3 Å². The van der Waals surface area contributed by atoms with Crippen molar-refractivity contribution in [1.82, 2.24) is 24.9 Å². The van der Waals surface area contributed by atoms with Crippen LogP contribution in [-0.2, 0) is 16.1 Å². The van der Waals surface area contributed by atoms with Crippen LogP contribution in [0.5, 0.6) is 0 Å². The molecule has 0 bridgehead atoms. The second-order valence-electron chi connectivity index (χ2n) is 7.11. The summed E-state index contributed by atoms with van der Waals surface area (Å²) in [4.78, 5) is 39.9. The number of rotatable bonds is 3. The van der Waals surface area contributed by atoms with E-state index in [0.29, 0.717) is 49.0 Å². The zero-order valence-corrected chi connectivity index (χ0v) is 17.2. The molecule has 1 aromatic heterocycles. The number of benzene rings is 1. The van der Waals surface area contributed by atoms with Crippen LogP contribution in [0.3, 0.4) is 0 Å². The van der Waals surface area contributed by atoms with Crippen molar-refractivity contribution in [2.24, 2.45) is 0 Å². The second-order valence-corrected chi connectivity index (χ2v) is 7.88. The monoisotopic (exact) mass is 435 g/mol. The largest absolute Gasteiger partial charge is 0.346 e. The highest BCUT2D eigenvalue weighted by Crippen LogP contribution is 2.26. The number of piperazine rings is 2. The van der Waals surface area contributed by atoms with Gasteiger partial charge in [0.15, 0.2) is 0 Å². The fourth-order valence-electron chi connectivity index (χ4n) is 3.75. The molecule has 2 fully saturated rings.